The van der Waals surface area contributed by atoms with Gasteiger partial charge in [0.2, 0.25) is 0 Å². The molecule has 0 aromatic carbocycles. The summed E-state index contributed by atoms with van der Waals surface area (Å²) < 4.78 is 76.9. The number of nitrogens with zero attached hydrogens (tertiary/aromatic N) is 3. The van der Waals surface area contributed by atoms with E-state index in [9.17, 15) is 14.4 Å². The molecule has 0 aliphatic heterocycles. The van der Waals surface area contributed by atoms with Crippen LogP contribution in [0.15, 0.2) is 15.8 Å². The van der Waals surface area contributed by atoms with E-state index in [1.165, 1.54) is 0 Å². The Hall–Kier alpha value is -2.11. The van der Waals surface area contributed by atoms with E-state index in [0.717, 1.165) is 11.6 Å². The molecule has 0 aliphatic carbocycles. The van der Waals surface area contributed by atoms with Gasteiger partial charge < -0.3 is 9.36 Å². The molecule has 0 radical (unpaired) electrons. The molecule has 6 nitrogen and oxygen atoms in total. The fraction of sp³-hybridized carbons (Fsp3) is 0.533. The summed E-state index contributed by atoms with van der Waals surface area (Å²) in [5.74, 6) is -0.957. The van der Waals surface area contributed by atoms with E-state index < -0.39 is 60.5 Å². The predicted octanol–water partition coefficient (Wildman–Crippen LogP) is 1.11. The Labute approximate surface area is 136 Å². The first-order valence-electron chi connectivity index (χ1n) is 11.3. The van der Waals surface area contributed by atoms with Crippen molar-refractivity contribution in [2.75, 3.05) is 0 Å². The van der Waals surface area contributed by atoms with E-state index in [2.05, 4.69) is 0 Å². The second kappa shape index (κ2) is 5.71. The highest BCUT2D eigenvalue weighted by atomic mass is 16.2. The fourth-order valence-electron chi connectivity index (χ4n) is 2.21. The summed E-state index contributed by atoms with van der Waals surface area (Å²) in [7, 11) is 1.16. The summed E-state index contributed by atoms with van der Waals surface area (Å²) in [5.41, 5.74) is -3.27. The molecule has 0 saturated carbocycles. The minimum atomic E-state index is -3.02. The maximum absolute atomic E-state index is 13.0. The molecule has 21 heavy (non-hydrogen) atoms. The van der Waals surface area contributed by atoms with Crippen molar-refractivity contribution in [3.05, 3.63) is 32.6 Å². The lowest BCUT2D eigenvalue weighted by Crippen LogP contribution is -2.39. The number of fused-ring (bicyclic) bond motifs is 1. The molecule has 0 spiro atoms. The number of hydrogen-bond acceptors (Lipinski definition) is 3. The summed E-state index contributed by atoms with van der Waals surface area (Å²) in [6.07, 6.45) is -1.07. The van der Waals surface area contributed by atoms with Crippen molar-refractivity contribution in [3.8, 4) is 0 Å². The van der Waals surface area contributed by atoms with Gasteiger partial charge in [0.1, 0.15) is 11.4 Å². The number of aromatic nitrogens is 3. The van der Waals surface area contributed by atoms with Crippen molar-refractivity contribution in [3.63, 3.8) is 0 Å². The molecule has 114 valence electrons. The first-order chi connectivity index (χ1) is 13.9. The van der Waals surface area contributed by atoms with Crippen molar-refractivity contribution in [1.82, 2.24) is 13.7 Å². The fourth-order valence-corrected chi connectivity index (χ4v) is 2.21. The van der Waals surface area contributed by atoms with E-state index >= 15 is 0 Å². The molecule has 2 heterocycles. The Morgan fingerprint density at radius 1 is 1.38 bits per heavy atom. The average Bonchev–Trinajstić information content (AvgIpc) is 2.91. The van der Waals surface area contributed by atoms with E-state index in [1.807, 2.05) is 0 Å². The molecule has 2 aromatic heterocycles. The van der Waals surface area contributed by atoms with Gasteiger partial charge in [-0.25, -0.2) is 4.79 Å². The number of unbranched alkanes of at least 4 members (excludes halogenated alkanes) is 1. The van der Waals surface area contributed by atoms with Crippen molar-refractivity contribution in [1.29, 1.82) is 0 Å². The van der Waals surface area contributed by atoms with Gasteiger partial charge in [0.05, 0.1) is 6.76 Å². The number of hydrogen-bond donors (Lipinski definition) is 0. The van der Waals surface area contributed by atoms with Gasteiger partial charge in [0.15, 0.2) is 0 Å². The quantitative estimate of drug-likeness (QED) is 0.777. The number of carbonyl (C=O) groups is 1. The van der Waals surface area contributed by atoms with E-state index in [-0.39, 0.29) is 25.8 Å². The minimum absolute atomic E-state index is 0.0664. The van der Waals surface area contributed by atoms with Crippen molar-refractivity contribution < 1.29 is 18.5 Å². The highest BCUT2D eigenvalue weighted by Gasteiger charge is 2.15. The van der Waals surface area contributed by atoms with Crippen molar-refractivity contribution in [2.24, 2.45) is 14.0 Å². The predicted molar refractivity (Wildman–Crippen MR) is 81.7 cm³/mol. The second-order valence-electron chi connectivity index (χ2n) is 4.70. The molecule has 2 rings (SSSR count). The van der Waals surface area contributed by atoms with Gasteiger partial charge >= 0.3 is 5.69 Å². The number of Topliss-reactive ketones (excluding diaryl/α,β-unsaturated/α-hetero) is 1. The van der Waals surface area contributed by atoms with E-state index in [1.54, 1.807) is 0 Å². The molecular weight excluding hydrogens is 270 g/mol. The number of carbonyl (C=O) groups excluding carboxylic acids is 1. The van der Waals surface area contributed by atoms with Gasteiger partial charge in [-0.2, -0.15) is 0 Å². The molecule has 6 heteroatoms. The molecule has 0 saturated heterocycles. The lowest BCUT2D eigenvalue weighted by atomic mass is 10.2. The average molecular weight is 301 g/mol. The molecule has 0 N–H and O–H groups in total. The maximum atomic E-state index is 13.0. The molecule has 0 unspecified atom stereocenters. The zero-order chi connectivity index (χ0) is 24.1. The van der Waals surface area contributed by atoms with Crippen LogP contribution < -0.4 is 11.2 Å². The zero-order valence-electron chi connectivity index (χ0n) is 21.4. The molecule has 0 amide bonds. The van der Waals surface area contributed by atoms with Crippen LogP contribution >= 0.6 is 0 Å². The lowest BCUT2D eigenvalue weighted by molar-refractivity contribution is -0.117. The second-order valence-corrected chi connectivity index (χ2v) is 4.70. The molecular formula is C15H21N3O3. The molecule has 0 atom stereocenters. The monoisotopic (exact) mass is 301 g/mol. The first kappa shape index (κ1) is 6.77. The van der Waals surface area contributed by atoms with Gasteiger partial charge in [-0.15, -0.1) is 0 Å². The first-order valence-corrected chi connectivity index (χ1v) is 6.29. The lowest BCUT2D eigenvalue weighted by Gasteiger charge is -2.09. The van der Waals surface area contributed by atoms with Gasteiger partial charge in [-0.1, -0.05) is 0 Å². The Bertz CT molecular complexity index is 1130. The standard InChI is InChI=1S/C15H21N3O3/c1-10-9-16(3)13-12(10)14(20)18(15(21)17(13)4)8-6-5-7-11(2)19/h9H,5-8H2,1-4H3/i1D3,2D3,3D3,9D. The van der Waals surface area contributed by atoms with Crippen molar-refractivity contribution >= 4 is 16.8 Å². The normalized spacial score (nSPS) is 20.0. The largest absolute Gasteiger partial charge is 0.336 e. The summed E-state index contributed by atoms with van der Waals surface area (Å²) in [5, 5.41) is -0.568. The topological polar surface area (TPSA) is 66.0 Å². The molecule has 2 aromatic rings. The summed E-state index contributed by atoms with van der Waals surface area (Å²) in [4.78, 5) is 37.2. The summed E-state index contributed by atoms with van der Waals surface area (Å²) >= 11 is 0. The van der Waals surface area contributed by atoms with Crippen LogP contribution in [0.25, 0.3) is 11.0 Å². The molecule has 0 bridgehead atoms. The highest BCUT2D eigenvalue weighted by molar-refractivity contribution is 5.79. The zero-order valence-corrected chi connectivity index (χ0v) is 11.4. The van der Waals surface area contributed by atoms with Crippen LogP contribution in [-0.4, -0.2) is 19.5 Å². The van der Waals surface area contributed by atoms with Crippen LogP contribution in [0, 0.1) is 6.85 Å². The molecule has 0 aliphatic rings. The van der Waals surface area contributed by atoms with Crippen LogP contribution in [0.5, 0.6) is 0 Å². The smallest absolute Gasteiger partial charge is 0.332 e. The number of aryl methyl sites for hydroxylation is 3. The van der Waals surface area contributed by atoms with E-state index in [4.69, 9.17) is 13.7 Å². The molecule has 0 fully saturated rings. The van der Waals surface area contributed by atoms with Gasteiger partial charge in [-0.3, -0.25) is 13.9 Å². The summed E-state index contributed by atoms with van der Waals surface area (Å²) in [6.45, 7) is -9.00. The van der Waals surface area contributed by atoms with E-state index in [0.29, 0.717) is 9.13 Å². The number of rotatable bonds is 5. The van der Waals surface area contributed by atoms with Crippen LogP contribution in [0.3, 0.4) is 0 Å². The van der Waals surface area contributed by atoms with Crippen LogP contribution in [-0.2, 0) is 25.4 Å². The van der Waals surface area contributed by atoms with Crippen LogP contribution in [0.2, 0.25) is 0 Å². The minimum Gasteiger partial charge on any atom is -0.336 e. The third kappa shape index (κ3) is 2.70. The Morgan fingerprint density at radius 3 is 2.86 bits per heavy atom. The highest BCUT2D eigenvalue weighted by Crippen LogP contribution is 2.13. The Balaban J connectivity index is 2.64. The van der Waals surface area contributed by atoms with Crippen molar-refractivity contribution in [2.45, 2.75) is 39.5 Å². The Morgan fingerprint density at radius 2 is 2.19 bits per heavy atom. The Kier molecular flexibility index (Phi) is 1.84. The van der Waals surface area contributed by atoms with Gasteiger partial charge in [0, 0.05) is 45.5 Å². The number of ketones is 1. The third-order valence-corrected chi connectivity index (χ3v) is 3.24. The van der Waals surface area contributed by atoms with Crippen LogP contribution in [0.1, 0.15) is 45.4 Å². The maximum Gasteiger partial charge on any atom is 0.332 e. The summed E-state index contributed by atoms with van der Waals surface area (Å²) in [6, 6.07) is 0. The SMILES string of the molecule is [2H]c1c(C([2H])([2H])[2H])c2c(=O)n(CCCCC(=O)C([2H])([2H])[2H])c(=O)n(C)c2n1C([2H])([2H])[2H]. The van der Waals surface area contributed by atoms with Gasteiger partial charge in [-0.05, 0) is 32.1 Å². The third-order valence-electron chi connectivity index (χ3n) is 3.24. The van der Waals surface area contributed by atoms with Gasteiger partial charge in [0.25, 0.3) is 5.56 Å². The van der Waals surface area contributed by atoms with Crippen LogP contribution in [0.4, 0.5) is 0 Å².